The zero-order valence-corrected chi connectivity index (χ0v) is 12.7. The molecule has 2 aromatic heterocycles. The lowest BCUT2D eigenvalue weighted by Crippen LogP contribution is -2.04. The van der Waals surface area contributed by atoms with Gasteiger partial charge in [0.2, 0.25) is 9.84 Å². The Morgan fingerprint density at radius 3 is 2.65 bits per heavy atom. The van der Waals surface area contributed by atoms with Gasteiger partial charge < -0.3 is 4.98 Å². The Morgan fingerprint density at radius 2 is 1.96 bits per heavy atom. The largest absolute Gasteiger partial charge is 0.352 e. The van der Waals surface area contributed by atoms with Crippen LogP contribution in [0.5, 0.6) is 0 Å². The van der Waals surface area contributed by atoms with Crippen molar-refractivity contribution in [2.24, 2.45) is 0 Å². The molecule has 0 unspecified atom stereocenters. The number of nitrogens with one attached hydrogen (secondary N) is 1. The minimum atomic E-state index is -3.80. The molecule has 1 aromatic carbocycles. The molecule has 114 valence electrons. The molecular formula is C16H11N3O3S. The predicted octanol–water partition coefficient (Wildman–Crippen LogP) is 2.49. The van der Waals surface area contributed by atoms with Crippen molar-refractivity contribution in [3.8, 4) is 6.07 Å². The summed E-state index contributed by atoms with van der Waals surface area (Å²) in [7, 11) is -3.80. The number of nitriles is 1. The number of sulfone groups is 1. The van der Waals surface area contributed by atoms with Gasteiger partial charge in [-0.3, -0.25) is 4.79 Å². The topological polar surface area (TPSA) is 104 Å². The average molecular weight is 325 g/mol. The van der Waals surface area contributed by atoms with E-state index in [0.717, 1.165) is 0 Å². The van der Waals surface area contributed by atoms with Gasteiger partial charge in [0.25, 0.3) is 0 Å². The zero-order chi connectivity index (χ0) is 16.4. The standard InChI is InChI=1S/C16H11N3O3S/c17-8-6-15(20)14-10-12-13(19-14)7-9-18-16(12)23(21,22)11-4-2-1-3-5-11/h1-5,7,9-10,19H,6H2. The fourth-order valence-corrected chi connectivity index (χ4v) is 3.67. The summed E-state index contributed by atoms with van der Waals surface area (Å²) in [5, 5.41) is 8.83. The number of fused-ring (bicyclic) bond motifs is 1. The van der Waals surface area contributed by atoms with E-state index in [-0.39, 0.29) is 22.0 Å². The van der Waals surface area contributed by atoms with E-state index in [1.54, 1.807) is 30.3 Å². The Bertz CT molecular complexity index is 1030. The summed E-state index contributed by atoms with van der Waals surface area (Å²) < 4.78 is 25.5. The van der Waals surface area contributed by atoms with Crippen LogP contribution in [-0.4, -0.2) is 24.2 Å². The van der Waals surface area contributed by atoms with Crippen molar-refractivity contribution in [1.82, 2.24) is 9.97 Å². The van der Waals surface area contributed by atoms with Gasteiger partial charge in [-0.15, -0.1) is 0 Å². The fourth-order valence-electron chi connectivity index (χ4n) is 2.27. The van der Waals surface area contributed by atoms with Crippen molar-refractivity contribution < 1.29 is 13.2 Å². The summed E-state index contributed by atoms with van der Waals surface area (Å²) in [5.41, 5.74) is 0.676. The third kappa shape index (κ3) is 2.60. The molecule has 0 aliphatic rings. The number of aromatic amines is 1. The Morgan fingerprint density at radius 1 is 1.22 bits per heavy atom. The summed E-state index contributed by atoms with van der Waals surface area (Å²) in [5.74, 6) is -0.397. The van der Waals surface area contributed by atoms with E-state index < -0.39 is 15.6 Å². The lowest BCUT2D eigenvalue weighted by molar-refractivity contribution is 0.0994. The SMILES string of the molecule is N#CCC(=O)c1cc2c(S(=O)(=O)c3ccccc3)nccc2[nH]1. The van der Waals surface area contributed by atoms with E-state index in [1.165, 1.54) is 24.4 Å². The summed E-state index contributed by atoms with van der Waals surface area (Å²) in [6.07, 6.45) is 1.09. The number of benzene rings is 1. The van der Waals surface area contributed by atoms with Gasteiger partial charge in [-0.1, -0.05) is 18.2 Å². The number of hydrogen-bond acceptors (Lipinski definition) is 5. The van der Waals surface area contributed by atoms with Crippen LogP contribution >= 0.6 is 0 Å². The first-order valence-electron chi connectivity index (χ1n) is 6.72. The number of ketones is 1. The molecule has 7 heteroatoms. The van der Waals surface area contributed by atoms with Gasteiger partial charge in [-0.2, -0.15) is 5.26 Å². The zero-order valence-electron chi connectivity index (χ0n) is 11.9. The molecule has 0 aliphatic heterocycles. The monoisotopic (exact) mass is 325 g/mol. The minimum absolute atomic E-state index is 0.117. The van der Waals surface area contributed by atoms with Gasteiger partial charge >= 0.3 is 0 Å². The van der Waals surface area contributed by atoms with Crippen LogP contribution in [-0.2, 0) is 9.84 Å². The van der Waals surface area contributed by atoms with Crippen molar-refractivity contribution in [3.05, 3.63) is 54.4 Å². The van der Waals surface area contributed by atoms with Gasteiger partial charge in [0.15, 0.2) is 10.8 Å². The molecule has 0 amide bonds. The maximum absolute atomic E-state index is 12.7. The minimum Gasteiger partial charge on any atom is -0.352 e. The second-order valence-corrected chi connectivity index (χ2v) is 6.70. The summed E-state index contributed by atoms with van der Waals surface area (Å²) in [6, 6.07) is 12.8. The van der Waals surface area contributed by atoms with Crippen LogP contribution in [0.3, 0.4) is 0 Å². The highest BCUT2D eigenvalue weighted by atomic mass is 32.2. The van der Waals surface area contributed by atoms with Gasteiger partial charge in [-0.25, -0.2) is 13.4 Å². The summed E-state index contributed by atoms with van der Waals surface area (Å²) in [6.45, 7) is 0. The van der Waals surface area contributed by atoms with Gasteiger partial charge in [0.1, 0.15) is 6.42 Å². The van der Waals surface area contributed by atoms with E-state index in [4.69, 9.17) is 5.26 Å². The van der Waals surface area contributed by atoms with Crippen molar-refractivity contribution in [2.75, 3.05) is 0 Å². The van der Waals surface area contributed by atoms with Crippen molar-refractivity contribution in [2.45, 2.75) is 16.3 Å². The van der Waals surface area contributed by atoms with Crippen LogP contribution in [0.1, 0.15) is 16.9 Å². The van der Waals surface area contributed by atoms with Crippen LogP contribution in [0.15, 0.2) is 58.6 Å². The molecule has 3 rings (SSSR count). The molecule has 0 radical (unpaired) electrons. The molecular weight excluding hydrogens is 314 g/mol. The maximum atomic E-state index is 12.7. The number of aromatic nitrogens is 2. The molecule has 6 nitrogen and oxygen atoms in total. The maximum Gasteiger partial charge on any atom is 0.224 e. The number of H-pyrrole nitrogens is 1. The normalized spacial score (nSPS) is 11.3. The molecule has 0 saturated carbocycles. The quantitative estimate of drug-likeness (QED) is 0.742. The number of pyridine rings is 1. The highest BCUT2D eigenvalue weighted by Gasteiger charge is 2.23. The van der Waals surface area contributed by atoms with E-state index in [9.17, 15) is 13.2 Å². The van der Waals surface area contributed by atoms with E-state index in [0.29, 0.717) is 10.9 Å². The number of Topliss-reactive ketones (excluding diaryl/α,β-unsaturated/α-hetero) is 1. The number of nitrogens with zero attached hydrogens (tertiary/aromatic N) is 2. The van der Waals surface area contributed by atoms with Gasteiger partial charge in [-0.05, 0) is 24.3 Å². The molecule has 0 spiro atoms. The number of carbonyl (C=O) groups excluding carboxylic acids is 1. The number of hydrogen-bond donors (Lipinski definition) is 1. The molecule has 0 saturated heterocycles. The van der Waals surface area contributed by atoms with E-state index >= 15 is 0 Å². The summed E-state index contributed by atoms with van der Waals surface area (Å²) in [4.78, 5) is 18.8. The Labute approximate surface area is 132 Å². The molecule has 0 atom stereocenters. The van der Waals surface area contributed by atoms with Crippen LogP contribution in [0, 0.1) is 11.3 Å². The fraction of sp³-hybridized carbons (Fsp3) is 0.0625. The highest BCUT2D eigenvalue weighted by Crippen LogP contribution is 2.27. The van der Waals surface area contributed by atoms with Crippen molar-refractivity contribution in [3.63, 3.8) is 0 Å². The van der Waals surface area contributed by atoms with Gasteiger partial charge in [0, 0.05) is 11.6 Å². The third-order valence-electron chi connectivity index (χ3n) is 3.36. The van der Waals surface area contributed by atoms with E-state index in [2.05, 4.69) is 9.97 Å². The molecule has 2 heterocycles. The number of rotatable bonds is 4. The average Bonchev–Trinajstić information content (AvgIpc) is 3.00. The van der Waals surface area contributed by atoms with E-state index in [1.807, 2.05) is 0 Å². The first kappa shape index (κ1) is 14.9. The van der Waals surface area contributed by atoms with Crippen LogP contribution < -0.4 is 0 Å². The summed E-state index contributed by atoms with van der Waals surface area (Å²) >= 11 is 0. The molecule has 0 bridgehead atoms. The lowest BCUT2D eigenvalue weighted by atomic mass is 10.2. The molecule has 0 aliphatic carbocycles. The van der Waals surface area contributed by atoms with Crippen LogP contribution in [0.25, 0.3) is 10.9 Å². The second kappa shape index (κ2) is 5.66. The first-order chi connectivity index (χ1) is 11.0. The van der Waals surface area contributed by atoms with Crippen molar-refractivity contribution >= 4 is 26.5 Å². The smallest absolute Gasteiger partial charge is 0.224 e. The Balaban J connectivity index is 2.19. The molecule has 23 heavy (non-hydrogen) atoms. The van der Waals surface area contributed by atoms with Crippen molar-refractivity contribution in [1.29, 1.82) is 5.26 Å². The molecule has 3 aromatic rings. The third-order valence-corrected chi connectivity index (χ3v) is 5.09. The van der Waals surface area contributed by atoms with Gasteiger partial charge in [0.05, 0.1) is 22.2 Å². The Kier molecular flexibility index (Phi) is 3.68. The van der Waals surface area contributed by atoms with Crippen LogP contribution in [0.4, 0.5) is 0 Å². The molecule has 1 N–H and O–H groups in total. The number of carbonyl (C=O) groups is 1. The first-order valence-corrected chi connectivity index (χ1v) is 8.20. The van der Waals surface area contributed by atoms with Crippen LogP contribution in [0.2, 0.25) is 0 Å². The lowest BCUT2D eigenvalue weighted by Gasteiger charge is -2.04. The predicted molar refractivity (Wildman–Crippen MR) is 82.5 cm³/mol. The Hall–Kier alpha value is -2.98. The molecule has 0 fully saturated rings. The highest BCUT2D eigenvalue weighted by molar-refractivity contribution is 7.91. The second-order valence-electron chi connectivity index (χ2n) is 4.83.